The van der Waals surface area contributed by atoms with Gasteiger partial charge in [-0.25, -0.2) is 9.97 Å². The maximum Gasteiger partial charge on any atom is 0.235 e. The van der Waals surface area contributed by atoms with E-state index >= 15 is 0 Å². The average molecular weight is 716 g/mol. The van der Waals surface area contributed by atoms with Gasteiger partial charge in [0.2, 0.25) is 5.95 Å². The Bertz CT molecular complexity index is 3610. The first-order valence-corrected chi connectivity index (χ1v) is 18.9. The Labute approximate surface area is 319 Å². The molecule has 0 spiro atoms. The van der Waals surface area contributed by atoms with Crippen molar-refractivity contribution in [3.8, 4) is 22.9 Å². The molecule has 0 N–H and O–H groups in total. The lowest BCUT2D eigenvalue weighted by molar-refractivity contribution is 0.669. The largest absolute Gasteiger partial charge is 0.456 e. The number of aromatic nitrogens is 4. The molecule has 13 rings (SSSR count). The minimum atomic E-state index is 0.638. The number of fused-ring (bicyclic) bond motifs is 12. The lowest BCUT2D eigenvalue weighted by Gasteiger charge is -2.32. The summed E-state index contributed by atoms with van der Waals surface area (Å²) < 4.78 is 11.0. The summed E-state index contributed by atoms with van der Waals surface area (Å²) in [5.74, 6) is 0.638. The molecule has 0 saturated carbocycles. The molecule has 6 heteroatoms. The van der Waals surface area contributed by atoms with E-state index in [4.69, 9.17) is 14.4 Å². The smallest absolute Gasteiger partial charge is 0.235 e. The molecule has 6 nitrogen and oxygen atoms in total. The molecule has 8 aromatic carbocycles. The summed E-state index contributed by atoms with van der Waals surface area (Å²) in [5, 5.41) is 7.89. The van der Waals surface area contributed by atoms with Gasteiger partial charge < -0.3 is 13.9 Å². The van der Waals surface area contributed by atoms with Gasteiger partial charge in [-0.3, -0.25) is 4.57 Å². The summed E-state index contributed by atoms with van der Waals surface area (Å²) >= 11 is 0. The van der Waals surface area contributed by atoms with Crippen LogP contribution in [0.4, 0.5) is 17.1 Å². The van der Waals surface area contributed by atoms with Crippen LogP contribution in [-0.4, -0.2) is 19.1 Å². The number of benzene rings is 8. The first-order chi connectivity index (χ1) is 27.8. The SMILES string of the molecule is c1ccc(N2c3ccccc3-c3nc(-n4c5ccccc5c5ccc6c7ccccc7n(-c7ccc8oc9ccccc9c8c7)c6c54)nc4cccc2c34)cc1. The molecule has 0 bridgehead atoms. The van der Waals surface area contributed by atoms with Crippen molar-refractivity contribution in [3.63, 3.8) is 0 Å². The van der Waals surface area contributed by atoms with Crippen molar-refractivity contribution in [3.05, 3.63) is 176 Å². The lowest BCUT2D eigenvalue weighted by Crippen LogP contribution is -2.16. The second kappa shape index (κ2) is 10.9. The molecule has 12 aromatic rings. The highest BCUT2D eigenvalue weighted by Gasteiger charge is 2.29. The van der Waals surface area contributed by atoms with Gasteiger partial charge in [0.1, 0.15) is 11.2 Å². The van der Waals surface area contributed by atoms with Crippen LogP contribution in [0.3, 0.4) is 0 Å². The van der Waals surface area contributed by atoms with E-state index in [1.54, 1.807) is 0 Å². The van der Waals surface area contributed by atoms with E-state index < -0.39 is 0 Å². The summed E-state index contributed by atoms with van der Waals surface area (Å²) in [5.41, 5.74) is 13.3. The fraction of sp³-hybridized carbons (Fsp3) is 0. The van der Waals surface area contributed by atoms with Crippen molar-refractivity contribution < 1.29 is 4.42 Å². The molecule has 1 aliphatic rings. The van der Waals surface area contributed by atoms with E-state index in [0.29, 0.717) is 5.95 Å². The molecule has 0 radical (unpaired) electrons. The molecule has 0 amide bonds. The van der Waals surface area contributed by atoms with Gasteiger partial charge in [-0.15, -0.1) is 0 Å². The van der Waals surface area contributed by atoms with E-state index in [2.05, 4.69) is 178 Å². The van der Waals surface area contributed by atoms with Crippen molar-refractivity contribution in [1.82, 2.24) is 19.1 Å². The van der Waals surface area contributed by atoms with Crippen molar-refractivity contribution in [2.24, 2.45) is 0 Å². The predicted molar refractivity (Wildman–Crippen MR) is 229 cm³/mol. The number of para-hydroxylation sites is 5. The summed E-state index contributed by atoms with van der Waals surface area (Å²) in [6.45, 7) is 0. The minimum Gasteiger partial charge on any atom is -0.456 e. The monoisotopic (exact) mass is 715 g/mol. The van der Waals surface area contributed by atoms with Gasteiger partial charge in [-0.1, -0.05) is 109 Å². The van der Waals surface area contributed by atoms with Gasteiger partial charge in [0.25, 0.3) is 0 Å². The van der Waals surface area contributed by atoms with Gasteiger partial charge in [0.05, 0.1) is 50.0 Å². The zero-order chi connectivity index (χ0) is 36.5. The molecule has 0 fully saturated rings. The second-order valence-electron chi connectivity index (χ2n) is 14.6. The van der Waals surface area contributed by atoms with Crippen LogP contribution in [0, 0.1) is 0 Å². The molecule has 56 heavy (non-hydrogen) atoms. The summed E-state index contributed by atoms with van der Waals surface area (Å²) in [6, 6.07) is 62.3. The van der Waals surface area contributed by atoms with Gasteiger partial charge in [0.15, 0.2) is 0 Å². The van der Waals surface area contributed by atoms with E-state index in [1.807, 2.05) is 12.1 Å². The molecule has 0 unspecified atom stereocenters. The van der Waals surface area contributed by atoms with Crippen molar-refractivity contribution in [2.75, 3.05) is 4.90 Å². The fourth-order valence-corrected chi connectivity index (χ4v) is 9.32. The maximum absolute atomic E-state index is 6.28. The van der Waals surface area contributed by atoms with Crippen LogP contribution in [0.5, 0.6) is 0 Å². The van der Waals surface area contributed by atoms with E-state index in [-0.39, 0.29) is 0 Å². The Morgan fingerprint density at radius 1 is 0.411 bits per heavy atom. The zero-order valence-electron chi connectivity index (χ0n) is 29.9. The standard InChI is InChI=1S/C50H29N5O/c1-2-13-30(14-3-1)53-42-22-10-6-18-37(42)47-46-39(19-12-23-43(46)53)51-50(52-47)55-41-21-9-5-16-33(41)36-27-26-35-32-15-4-8-20-40(32)54(48(35)49(36)55)31-25-28-45-38(29-31)34-17-7-11-24-44(34)56-45/h1-29H. The van der Waals surface area contributed by atoms with Crippen LogP contribution in [0.1, 0.15) is 0 Å². The second-order valence-corrected chi connectivity index (χ2v) is 14.6. The first-order valence-electron chi connectivity index (χ1n) is 18.9. The summed E-state index contributed by atoms with van der Waals surface area (Å²) in [6.07, 6.45) is 0. The van der Waals surface area contributed by atoms with Crippen LogP contribution in [0.15, 0.2) is 180 Å². The third kappa shape index (κ3) is 3.89. The Morgan fingerprint density at radius 3 is 1.88 bits per heavy atom. The highest BCUT2D eigenvalue weighted by molar-refractivity contribution is 6.24. The number of hydrogen-bond acceptors (Lipinski definition) is 4. The van der Waals surface area contributed by atoms with Crippen LogP contribution >= 0.6 is 0 Å². The number of furan rings is 1. The third-order valence-electron chi connectivity index (χ3n) is 11.6. The minimum absolute atomic E-state index is 0.638. The first kappa shape index (κ1) is 29.7. The fourth-order valence-electron chi connectivity index (χ4n) is 9.32. The van der Waals surface area contributed by atoms with Crippen molar-refractivity contribution in [1.29, 1.82) is 0 Å². The third-order valence-corrected chi connectivity index (χ3v) is 11.6. The van der Waals surface area contributed by atoms with Gasteiger partial charge >= 0.3 is 0 Å². The molecule has 0 atom stereocenters. The highest BCUT2D eigenvalue weighted by atomic mass is 16.3. The number of rotatable bonds is 3. The van der Waals surface area contributed by atoms with Crippen molar-refractivity contribution >= 4 is 93.5 Å². The van der Waals surface area contributed by atoms with Crippen LogP contribution in [0.25, 0.3) is 99.3 Å². The van der Waals surface area contributed by atoms with Gasteiger partial charge in [-0.2, -0.15) is 0 Å². The Hall–Kier alpha value is -7.70. The molecule has 5 heterocycles. The van der Waals surface area contributed by atoms with Crippen LogP contribution in [0.2, 0.25) is 0 Å². The normalized spacial score (nSPS) is 12.6. The molecule has 0 saturated heterocycles. The average Bonchev–Trinajstić information content (AvgIpc) is 3.91. The Balaban J connectivity index is 1.17. The van der Waals surface area contributed by atoms with Gasteiger partial charge in [0, 0.05) is 49.3 Å². The lowest BCUT2D eigenvalue weighted by atomic mass is 9.96. The van der Waals surface area contributed by atoms with E-state index in [9.17, 15) is 0 Å². The van der Waals surface area contributed by atoms with E-state index in [0.717, 1.165) is 99.7 Å². The quantitative estimate of drug-likeness (QED) is 0.183. The zero-order valence-corrected chi connectivity index (χ0v) is 29.9. The molecule has 260 valence electrons. The van der Waals surface area contributed by atoms with Crippen LogP contribution < -0.4 is 4.90 Å². The van der Waals surface area contributed by atoms with Crippen molar-refractivity contribution in [2.45, 2.75) is 0 Å². The maximum atomic E-state index is 6.28. The highest BCUT2D eigenvalue weighted by Crippen LogP contribution is 2.50. The van der Waals surface area contributed by atoms with Gasteiger partial charge in [-0.05, 0) is 66.7 Å². The van der Waals surface area contributed by atoms with E-state index in [1.165, 1.54) is 10.8 Å². The summed E-state index contributed by atoms with van der Waals surface area (Å²) in [7, 11) is 0. The predicted octanol–water partition coefficient (Wildman–Crippen LogP) is 13.2. The number of hydrogen-bond donors (Lipinski definition) is 0. The van der Waals surface area contributed by atoms with Crippen LogP contribution in [-0.2, 0) is 0 Å². The number of nitrogens with zero attached hydrogens (tertiary/aromatic N) is 5. The molecule has 0 aliphatic carbocycles. The molecular weight excluding hydrogens is 687 g/mol. The number of anilines is 3. The topological polar surface area (TPSA) is 52.0 Å². The Morgan fingerprint density at radius 2 is 1.05 bits per heavy atom. The molecular formula is C50H29N5O. The molecule has 4 aromatic heterocycles. The summed E-state index contributed by atoms with van der Waals surface area (Å²) in [4.78, 5) is 13.4. The molecule has 1 aliphatic heterocycles. The Kier molecular flexibility index (Phi) is 5.80.